The SMILES string of the molecule is CC(=O)Sc1ccc(-c2ccccc2C#N)cc1. The molecule has 0 atom stereocenters. The lowest BCUT2D eigenvalue weighted by atomic mass is 10.0. The maximum Gasteiger partial charge on any atom is 0.190 e. The van der Waals surface area contributed by atoms with Gasteiger partial charge in [0.05, 0.1) is 11.6 Å². The van der Waals surface area contributed by atoms with E-state index < -0.39 is 0 Å². The molecule has 2 rings (SSSR count). The predicted molar refractivity (Wildman–Crippen MR) is 73.1 cm³/mol. The predicted octanol–water partition coefficient (Wildman–Crippen LogP) is 3.86. The van der Waals surface area contributed by atoms with Crippen molar-refractivity contribution in [3.05, 3.63) is 54.1 Å². The Morgan fingerprint density at radius 1 is 1.11 bits per heavy atom. The van der Waals surface area contributed by atoms with E-state index in [0.717, 1.165) is 16.0 Å². The Kier molecular flexibility index (Phi) is 3.81. The van der Waals surface area contributed by atoms with Crippen LogP contribution in [0.1, 0.15) is 12.5 Å². The maximum absolute atomic E-state index is 11.0. The first-order chi connectivity index (χ1) is 8.70. The molecule has 0 bridgehead atoms. The van der Waals surface area contributed by atoms with Crippen molar-refractivity contribution in [1.82, 2.24) is 0 Å². The third kappa shape index (κ3) is 2.79. The lowest BCUT2D eigenvalue weighted by Crippen LogP contribution is -1.85. The van der Waals surface area contributed by atoms with Crippen molar-refractivity contribution < 1.29 is 4.79 Å². The standard InChI is InChI=1S/C15H11NOS/c1-11(17)18-14-8-6-12(7-9-14)15-5-3-2-4-13(15)10-16/h2-9H,1H3. The first-order valence-electron chi connectivity index (χ1n) is 5.48. The molecule has 3 heteroatoms. The number of nitrogens with zero attached hydrogens (tertiary/aromatic N) is 1. The molecule has 0 radical (unpaired) electrons. The smallest absolute Gasteiger partial charge is 0.190 e. The minimum atomic E-state index is 0.0696. The number of carbonyl (C=O) groups is 1. The first-order valence-corrected chi connectivity index (χ1v) is 6.30. The Morgan fingerprint density at radius 3 is 2.39 bits per heavy atom. The molecular formula is C15H11NOS. The molecule has 2 aromatic carbocycles. The maximum atomic E-state index is 11.0. The number of nitriles is 1. The molecule has 0 aliphatic carbocycles. The molecule has 88 valence electrons. The van der Waals surface area contributed by atoms with Crippen LogP contribution >= 0.6 is 11.8 Å². The Balaban J connectivity index is 2.35. The number of hydrogen-bond acceptors (Lipinski definition) is 3. The van der Waals surface area contributed by atoms with Gasteiger partial charge in [0, 0.05) is 11.8 Å². The molecule has 0 aliphatic rings. The molecule has 0 spiro atoms. The molecule has 18 heavy (non-hydrogen) atoms. The fourth-order valence-electron chi connectivity index (χ4n) is 1.70. The number of carbonyl (C=O) groups excluding carboxylic acids is 1. The zero-order chi connectivity index (χ0) is 13.0. The van der Waals surface area contributed by atoms with Crippen LogP contribution in [0, 0.1) is 11.3 Å². The largest absolute Gasteiger partial charge is 0.287 e. The van der Waals surface area contributed by atoms with Crippen molar-refractivity contribution in [2.45, 2.75) is 11.8 Å². The van der Waals surface area contributed by atoms with Gasteiger partial charge in [-0.3, -0.25) is 4.79 Å². The van der Waals surface area contributed by atoms with Gasteiger partial charge >= 0.3 is 0 Å². The molecule has 0 unspecified atom stereocenters. The fourth-order valence-corrected chi connectivity index (χ4v) is 2.30. The van der Waals surface area contributed by atoms with Crippen molar-refractivity contribution in [3.8, 4) is 17.2 Å². The summed E-state index contributed by atoms with van der Waals surface area (Å²) in [6.45, 7) is 1.55. The summed E-state index contributed by atoms with van der Waals surface area (Å²) in [6, 6.07) is 17.3. The quantitative estimate of drug-likeness (QED) is 0.763. The van der Waals surface area contributed by atoms with Crippen molar-refractivity contribution in [3.63, 3.8) is 0 Å². The highest BCUT2D eigenvalue weighted by Crippen LogP contribution is 2.26. The lowest BCUT2D eigenvalue weighted by Gasteiger charge is -2.04. The van der Waals surface area contributed by atoms with E-state index in [1.807, 2.05) is 42.5 Å². The Bertz CT molecular complexity index is 611. The van der Waals surface area contributed by atoms with E-state index in [9.17, 15) is 4.79 Å². The summed E-state index contributed by atoms with van der Waals surface area (Å²) in [7, 11) is 0. The molecule has 0 aliphatic heterocycles. The number of hydrogen-bond donors (Lipinski definition) is 0. The van der Waals surface area contributed by atoms with Gasteiger partial charge in [-0.15, -0.1) is 0 Å². The Hall–Kier alpha value is -2.05. The number of rotatable bonds is 2. The number of benzene rings is 2. The van der Waals surface area contributed by atoms with Crippen molar-refractivity contribution >= 4 is 16.9 Å². The zero-order valence-corrected chi connectivity index (χ0v) is 10.7. The van der Waals surface area contributed by atoms with Crippen LogP contribution in [-0.4, -0.2) is 5.12 Å². The highest BCUT2D eigenvalue weighted by Gasteiger charge is 2.04. The van der Waals surface area contributed by atoms with Crippen LogP contribution in [0.4, 0.5) is 0 Å². The van der Waals surface area contributed by atoms with Gasteiger partial charge < -0.3 is 0 Å². The van der Waals surface area contributed by atoms with E-state index in [4.69, 9.17) is 5.26 Å². The van der Waals surface area contributed by atoms with E-state index in [1.54, 1.807) is 13.0 Å². The summed E-state index contributed by atoms with van der Waals surface area (Å²) >= 11 is 1.21. The minimum Gasteiger partial charge on any atom is -0.287 e. The summed E-state index contributed by atoms with van der Waals surface area (Å²) in [6.07, 6.45) is 0. The van der Waals surface area contributed by atoms with E-state index in [-0.39, 0.29) is 5.12 Å². The Labute approximate surface area is 110 Å². The van der Waals surface area contributed by atoms with E-state index in [1.165, 1.54) is 11.8 Å². The molecule has 0 saturated carbocycles. The Morgan fingerprint density at radius 2 is 1.78 bits per heavy atom. The van der Waals surface area contributed by atoms with Crippen LogP contribution in [0.3, 0.4) is 0 Å². The molecule has 0 saturated heterocycles. The molecule has 0 fully saturated rings. The topological polar surface area (TPSA) is 40.9 Å². The van der Waals surface area contributed by atoms with Crippen molar-refractivity contribution in [1.29, 1.82) is 5.26 Å². The molecule has 0 amide bonds. The van der Waals surface area contributed by atoms with E-state index in [2.05, 4.69) is 6.07 Å². The second kappa shape index (κ2) is 5.52. The molecular weight excluding hydrogens is 242 g/mol. The summed E-state index contributed by atoms with van der Waals surface area (Å²) < 4.78 is 0. The number of thioether (sulfide) groups is 1. The fraction of sp³-hybridized carbons (Fsp3) is 0.0667. The zero-order valence-electron chi connectivity index (χ0n) is 9.88. The molecule has 0 heterocycles. The first kappa shape index (κ1) is 12.4. The average Bonchev–Trinajstić information content (AvgIpc) is 2.39. The van der Waals surface area contributed by atoms with Gasteiger partial charge in [-0.05, 0) is 29.3 Å². The van der Waals surface area contributed by atoms with Crippen LogP contribution in [0.25, 0.3) is 11.1 Å². The summed E-state index contributed by atoms with van der Waals surface area (Å²) in [4.78, 5) is 11.9. The molecule has 0 N–H and O–H groups in total. The van der Waals surface area contributed by atoms with Crippen LogP contribution in [0.15, 0.2) is 53.4 Å². The summed E-state index contributed by atoms with van der Waals surface area (Å²) in [5, 5.41) is 9.12. The van der Waals surface area contributed by atoms with Gasteiger partial charge in [-0.2, -0.15) is 5.26 Å². The van der Waals surface area contributed by atoms with Gasteiger partial charge in [0.15, 0.2) is 5.12 Å². The monoisotopic (exact) mass is 253 g/mol. The second-order valence-corrected chi connectivity index (χ2v) is 5.03. The van der Waals surface area contributed by atoms with Crippen LogP contribution < -0.4 is 0 Å². The molecule has 0 aromatic heterocycles. The molecule has 2 nitrogen and oxygen atoms in total. The normalized spacial score (nSPS) is 9.78. The van der Waals surface area contributed by atoms with E-state index in [0.29, 0.717) is 5.56 Å². The lowest BCUT2D eigenvalue weighted by molar-refractivity contribution is -0.109. The highest BCUT2D eigenvalue weighted by molar-refractivity contribution is 8.13. The van der Waals surface area contributed by atoms with Gasteiger partial charge in [0.1, 0.15) is 0 Å². The van der Waals surface area contributed by atoms with Crippen LogP contribution in [0.2, 0.25) is 0 Å². The van der Waals surface area contributed by atoms with Crippen LogP contribution in [-0.2, 0) is 4.79 Å². The average molecular weight is 253 g/mol. The van der Waals surface area contributed by atoms with Crippen molar-refractivity contribution in [2.75, 3.05) is 0 Å². The third-order valence-corrected chi connectivity index (χ3v) is 3.27. The van der Waals surface area contributed by atoms with E-state index >= 15 is 0 Å². The third-order valence-electron chi connectivity index (χ3n) is 2.47. The highest BCUT2D eigenvalue weighted by atomic mass is 32.2. The van der Waals surface area contributed by atoms with Gasteiger partial charge in [0.25, 0.3) is 0 Å². The van der Waals surface area contributed by atoms with Gasteiger partial charge in [0.2, 0.25) is 0 Å². The van der Waals surface area contributed by atoms with Gasteiger partial charge in [-0.25, -0.2) is 0 Å². The summed E-state index contributed by atoms with van der Waals surface area (Å²) in [5.74, 6) is 0. The second-order valence-electron chi connectivity index (χ2n) is 3.78. The van der Waals surface area contributed by atoms with Crippen LogP contribution in [0.5, 0.6) is 0 Å². The van der Waals surface area contributed by atoms with Gasteiger partial charge in [-0.1, -0.05) is 42.1 Å². The summed E-state index contributed by atoms with van der Waals surface area (Å²) in [5.41, 5.74) is 2.56. The minimum absolute atomic E-state index is 0.0696. The molecule has 2 aromatic rings. The van der Waals surface area contributed by atoms with Crippen molar-refractivity contribution in [2.24, 2.45) is 0 Å².